The van der Waals surface area contributed by atoms with Crippen LogP contribution in [0.3, 0.4) is 0 Å². The van der Waals surface area contributed by atoms with Gasteiger partial charge in [-0.3, -0.25) is 10.1 Å². The van der Waals surface area contributed by atoms with E-state index < -0.39 is 22.4 Å². The molecule has 0 amide bonds. The molecule has 1 atom stereocenters. The van der Waals surface area contributed by atoms with Crippen molar-refractivity contribution in [3.63, 3.8) is 0 Å². The molecule has 1 aromatic rings. The van der Waals surface area contributed by atoms with Gasteiger partial charge in [0.25, 0.3) is 0 Å². The van der Waals surface area contributed by atoms with Gasteiger partial charge in [0, 0.05) is 12.1 Å². The van der Waals surface area contributed by atoms with E-state index in [2.05, 4.69) is 5.32 Å². The molecule has 0 aromatic heterocycles. The van der Waals surface area contributed by atoms with Crippen molar-refractivity contribution in [1.82, 2.24) is 5.32 Å². The number of hydrogen-bond acceptors (Lipinski definition) is 4. The van der Waals surface area contributed by atoms with E-state index in [0.29, 0.717) is 18.5 Å². The van der Waals surface area contributed by atoms with Crippen LogP contribution in [0, 0.1) is 10.1 Å². The first-order valence-electron chi connectivity index (χ1n) is 7.10. The normalized spacial score (nSPS) is 19.0. The maximum atomic E-state index is 12.6. The van der Waals surface area contributed by atoms with Crippen LogP contribution in [0.4, 0.5) is 18.9 Å². The van der Waals surface area contributed by atoms with Gasteiger partial charge in [-0.2, -0.15) is 13.2 Å². The highest BCUT2D eigenvalue weighted by Gasteiger charge is 2.33. The Morgan fingerprint density at radius 3 is 2.73 bits per heavy atom. The summed E-state index contributed by atoms with van der Waals surface area (Å²) in [5.41, 5.74) is -1.72. The Hall–Kier alpha value is -1.83. The van der Waals surface area contributed by atoms with Crippen LogP contribution in [0.5, 0.6) is 5.75 Å². The molecule has 22 heavy (non-hydrogen) atoms. The van der Waals surface area contributed by atoms with Gasteiger partial charge in [-0.05, 0) is 37.9 Å². The summed E-state index contributed by atoms with van der Waals surface area (Å²) in [4.78, 5) is 10.1. The predicted octanol–water partition coefficient (Wildman–Crippen LogP) is 3.52. The molecule has 0 radical (unpaired) electrons. The Balaban J connectivity index is 2.01. The second-order valence-electron chi connectivity index (χ2n) is 5.22. The number of nitro groups is 1. The Kier molecular flexibility index (Phi) is 5.23. The van der Waals surface area contributed by atoms with Gasteiger partial charge < -0.3 is 10.1 Å². The quantitative estimate of drug-likeness (QED) is 0.666. The Bertz CT molecular complexity index is 529. The van der Waals surface area contributed by atoms with Gasteiger partial charge in [-0.1, -0.05) is 6.42 Å². The van der Waals surface area contributed by atoms with E-state index in [-0.39, 0.29) is 12.4 Å². The lowest BCUT2D eigenvalue weighted by molar-refractivity contribution is -0.386. The molecule has 1 aromatic carbocycles. The fraction of sp³-hybridized carbons (Fsp3) is 0.571. The minimum absolute atomic E-state index is 0.131. The zero-order valence-corrected chi connectivity index (χ0v) is 11.9. The number of benzene rings is 1. The molecule has 1 N–H and O–H groups in total. The summed E-state index contributed by atoms with van der Waals surface area (Å²) >= 11 is 0. The third kappa shape index (κ3) is 4.33. The highest BCUT2D eigenvalue weighted by Crippen LogP contribution is 2.36. The van der Waals surface area contributed by atoms with Gasteiger partial charge in [0.05, 0.1) is 17.1 Å². The van der Waals surface area contributed by atoms with Crippen LogP contribution in [-0.4, -0.2) is 24.1 Å². The SMILES string of the molecule is O=[N+]([O-])c1cc(C(F)(F)F)ccc1OCCC1CCCCN1. The van der Waals surface area contributed by atoms with Crippen LogP contribution in [0.15, 0.2) is 18.2 Å². The maximum absolute atomic E-state index is 12.6. The van der Waals surface area contributed by atoms with E-state index in [4.69, 9.17) is 4.74 Å². The highest BCUT2D eigenvalue weighted by atomic mass is 19.4. The molecular formula is C14H17F3N2O3. The van der Waals surface area contributed by atoms with E-state index in [1.54, 1.807) is 0 Å². The maximum Gasteiger partial charge on any atom is 0.416 e. The van der Waals surface area contributed by atoms with Crippen molar-refractivity contribution < 1.29 is 22.8 Å². The lowest BCUT2D eigenvalue weighted by Gasteiger charge is -2.23. The monoisotopic (exact) mass is 318 g/mol. The summed E-state index contributed by atoms with van der Waals surface area (Å²) in [5.74, 6) is -0.131. The standard InChI is InChI=1S/C14H17F3N2O3/c15-14(16,17)10-4-5-13(12(9-10)19(20)21)22-8-6-11-3-1-2-7-18-11/h4-5,9,11,18H,1-3,6-8H2. The first-order chi connectivity index (χ1) is 10.4. The molecular weight excluding hydrogens is 301 g/mol. The number of halogens is 3. The number of rotatable bonds is 5. The molecule has 5 nitrogen and oxygen atoms in total. The number of nitrogens with zero attached hydrogens (tertiary/aromatic N) is 1. The molecule has 8 heteroatoms. The molecule has 1 heterocycles. The molecule has 1 fully saturated rings. The van der Waals surface area contributed by atoms with Gasteiger partial charge in [0.15, 0.2) is 5.75 Å². The third-order valence-corrected chi connectivity index (χ3v) is 3.62. The van der Waals surface area contributed by atoms with Gasteiger partial charge in [0.1, 0.15) is 0 Å². The van der Waals surface area contributed by atoms with Crippen molar-refractivity contribution >= 4 is 5.69 Å². The van der Waals surface area contributed by atoms with Gasteiger partial charge in [-0.15, -0.1) is 0 Å². The van der Waals surface area contributed by atoms with Gasteiger partial charge in [-0.25, -0.2) is 0 Å². The van der Waals surface area contributed by atoms with Crippen LogP contribution in [0.25, 0.3) is 0 Å². The highest BCUT2D eigenvalue weighted by molar-refractivity contribution is 5.49. The number of ether oxygens (including phenoxy) is 1. The Labute approximate surface area is 125 Å². The van der Waals surface area contributed by atoms with Crippen LogP contribution < -0.4 is 10.1 Å². The fourth-order valence-electron chi connectivity index (χ4n) is 2.44. The molecule has 1 aliphatic rings. The molecule has 0 bridgehead atoms. The van der Waals surface area contributed by atoms with Gasteiger partial charge >= 0.3 is 11.9 Å². The molecule has 0 saturated carbocycles. The van der Waals surface area contributed by atoms with E-state index in [1.165, 1.54) is 0 Å². The Morgan fingerprint density at radius 2 is 2.14 bits per heavy atom. The van der Waals surface area contributed by atoms with Crippen molar-refractivity contribution in [2.45, 2.75) is 37.9 Å². The number of hydrogen-bond donors (Lipinski definition) is 1. The Morgan fingerprint density at radius 1 is 1.36 bits per heavy atom. The summed E-state index contributed by atoms with van der Waals surface area (Å²) in [5, 5.41) is 14.2. The average Bonchev–Trinajstić information content (AvgIpc) is 2.47. The molecule has 0 aliphatic carbocycles. The lowest BCUT2D eigenvalue weighted by Crippen LogP contribution is -2.35. The second kappa shape index (κ2) is 6.95. The number of piperidine rings is 1. The molecule has 122 valence electrons. The van der Waals surface area contributed by atoms with Crippen molar-refractivity contribution in [3.8, 4) is 5.75 Å². The minimum atomic E-state index is -4.62. The third-order valence-electron chi connectivity index (χ3n) is 3.62. The summed E-state index contributed by atoms with van der Waals surface area (Å²) in [6.45, 7) is 1.16. The summed E-state index contributed by atoms with van der Waals surface area (Å²) in [6, 6.07) is 2.60. The van der Waals surface area contributed by atoms with Crippen LogP contribution in [0.2, 0.25) is 0 Å². The number of nitrogens with one attached hydrogen (secondary N) is 1. The zero-order valence-electron chi connectivity index (χ0n) is 11.9. The fourth-order valence-corrected chi connectivity index (χ4v) is 2.44. The van der Waals surface area contributed by atoms with Crippen LogP contribution in [-0.2, 0) is 6.18 Å². The van der Waals surface area contributed by atoms with Gasteiger partial charge in [0.2, 0.25) is 0 Å². The van der Waals surface area contributed by atoms with E-state index >= 15 is 0 Å². The van der Waals surface area contributed by atoms with Crippen molar-refractivity contribution in [2.24, 2.45) is 0 Å². The van der Waals surface area contributed by atoms with E-state index in [9.17, 15) is 23.3 Å². The average molecular weight is 318 g/mol. The summed E-state index contributed by atoms with van der Waals surface area (Å²) in [7, 11) is 0. The lowest BCUT2D eigenvalue weighted by atomic mass is 10.0. The smallest absolute Gasteiger partial charge is 0.416 e. The van der Waals surface area contributed by atoms with E-state index in [1.807, 2.05) is 0 Å². The summed E-state index contributed by atoms with van der Waals surface area (Å²) < 4.78 is 43.1. The van der Waals surface area contributed by atoms with Crippen LogP contribution >= 0.6 is 0 Å². The molecule has 1 unspecified atom stereocenters. The molecule has 0 spiro atoms. The minimum Gasteiger partial charge on any atom is -0.487 e. The zero-order chi connectivity index (χ0) is 16.2. The largest absolute Gasteiger partial charge is 0.487 e. The van der Waals surface area contributed by atoms with Crippen molar-refractivity contribution in [3.05, 3.63) is 33.9 Å². The van der Waals surface area contributed by atoms with Crippen molar-refractivity contribution in [2.75, 3.05) is 13.2 Å². The second-order valence-corrected chi connectivity index (χ2v) is 5.22. The number of nitro benzene ring substituents is 1. The van der Waals surface area contributed by atoms with E-state index in [0.717, 1.165) is 37.9 Å². The molecule has 1 saturated heterocycles. The molecule has 2 rings (SSSR count). The van der Waals surface area contributed by atoms with Crippen LogP contribution in [0.1, 0.15) is 31.2 Å². The topological polar surface area (TPSA) is 64.4 Å². The first-order valence-corrected chi connectivity index (χ1v) is 7.10. The number of alkyl halides is 3. The van der Waals surface area contributed by atoms with Crippen molar-refractivity contribution in [1.29, 1.82) is 0 Å². The predicted molar refractivity (Wildman–Crippen MR) is 73.9 cm³/mol. The first kappa shape index (κ1) is 16.5. The molecule has 1 aliphatic heterocycles. The summed E-state index contributed by atoms with van der Waals surface area (Å²) in [6.07, 6.45) is -0.689.